The number of carbonyl (C=O) groups is 1. The van der Waals surface area contributed by atoms with Gasteiger partial charge >= 0.3 is 0 Å². The minimum Gasteiger partial charge on any atom is -0.353 e. The van der Waals surface area contributed by atoms with E-state index in [-0.39, 0.29) is 18.1 Å². The molecule has 1 fully saturated rings. The third kappa shape index (κ3) is 3.84. The van der Waals surface area contributed by atoms with Crippen LogP contribution in [0.4, 0.5) is 4.39 Å². The summed E-state index contributed by atoms with van der Waals surface area (Å²) in [7, 11) is 0. The second-order valence-electron chi connectivity index (χ2n) is 4.71. The number of hydrogen-bond donors (Lipinski definition) is 1. The van der Waals surface area contributed by atoms with E-state index in [1.54, 1.807) is 12.1 Å². The van der Waals surface area contributed by atoms with Crippen LogP contribution in [0.15, 0.2) is 24.3 Å². The highest BCUT2D eigenvalue weighted by Crippen LogP contribution is 2.17. The molecule has 0 saturated heterocycles. The van der Waals surface area contributed by atoms with E-state index in [0.29, 0.717) is 6.04 Å². The highest BCUT2D eigenvalue weighted by Gasteiger charge is 2.15. The van der Waals surface area contributed by atoms with Gasteiger partial charge in [0, 0.05) is 6.04 Å². The fourth-order valence-corrected chi connectivity index (χ4v) is 2.36. The molecule has 0 atom stereocenters. The maximum atomic E-state index is 12.9. The van der Waals surface area contributed by atoms with E-state index in [1.807, 2.05) is 0 Å². The van der Waals surface area contributed by atoms with Crippen molar-refractivity contribution in [1.82, 2.24) is 5.32 Å². The van der Waals surface area contributed by atoms with Gasteiger partial charge in [0.05, 0.1) is 6.42 Å². The number of rotatable bonds is 3. The summed E-state index contributed by atoms with van der Waals surface area (Å²) >= 11 is 0. The summed E-state index contributed by atoms with van der Waals surface area (Å²) in [5.74, 6) is -0.282. The van der Waals surface area contributed by atoms with Crippen LogP contribution in [-0.4, -0.2) is 11.9 Å². The topological polar surface area (TPSA) is 29.1 Å². The second-order valence-corrected chi connectivity index (χ2v) is 4.71. The summed E-state index contributed by atoms with van der Waals surface area (Å²) in [5, 5.41) is 3.03. The molecule has 0 radical (unpaired) electrons. The standard InChI is InChI=1S/C14H18FNO/c15-12-6-4-5-11(9-12)10-14(17)16-13-7-2-1-3-8-13/h4-6,9,13H,1-3,7-8,10H2,(H,16,17). The molecule has 0 heterocycles. The predicted octanol–water partition coefficient (Wildman–Crippen LogP) is 2.82. The van der Waals surface area contributed by atoms with Crippen molar-refractivity contribution in [2.24, 2.45) is 0 Å². The SMILES string of the molecule is O=C(Cc1cccc(F)c1)NC1CCCCC1. The molecule has 1 amide bonds. The van der Waals surface area contributed by atoms with E-state index in [9.17, 15) is 9.18 Å². The summed E-state index contributed by atoms with van der Waals surface area (Å²) < 4.78 is 12.9. The number of carbonyl (C=O) groups excluding carboxylic acids is 1. The Kier molecular flexibility index (Phi) is 4.13. The summed E-state index contributed by atoms with van der Waals surface area (Å²) in [5.41, 5.74) is 0.735. The van der Waals surface area contributed by atoms with Gasteiger partial charge in [0.1, 0.15) is 5.82 Å². The van der Waals surface area contributed by atoms with Crippen LogP contribution >= 0.6 is 0 Å². The molecule has 1 saturated carbocycles. The summed E-state index contributed by atoms with van der Waals surface area (Å²) in [6.45, 7) is 0. The molecule has 3 heteroatoms. The molecule has 1 aromatic rings. The van der Waals surface area contributed by atoms with Gasteiger partial charge in [-0.15, -0.1) is 0 Å². The number of halogens is 1. The molecule has 1 N–H and O–H groups in total. The molecule has 0 unspecified atom stereocenters. The van der Waals surface area contributed by atoms with Gasteiger partial charge in [-0.25, -0.2) is 4.39 Å². The van der Waals surface area contributed by atoms with Gasteiger partial charge in [-0.3, -0.25) is 4.79 Å². The van der Waals surface area contributed by atoms with Crippen LogP contribution in [0.3, 0.4) is 0 Å². The Hall–Kier alpha value is -1.38. The third-order valence-electron chi connectivity index (χ3n) is 3.22. The van der Waals surface area contributed by atoms with Crippen LogP contribution < -0.4 is 5.32 Å². The largest absolute Gasteiger partial charge is 0.353 e. The number of nitrogens with one attached hydrogen (secondary N) is 1. The Morgan fingerprint density at radius 2 is 2.06 bits per heavy atom. The maximum Gasteiger partial charge on any atom is 0.224 e. The average molecular weight is 235 g/mol. The van der Waals surface area contributed by atoms with Crippen molar-refractivity contribution >= 4 is 5.91 Å². The zero-order valence-corrected chi connectivity index (χ0v) is 9.92. The van der Waals surface area contributed by atoms with Gasteiger partial charge in [-0.1, -0.05) is 31.4 Å². The molecule has 92 valence electrons. The van der Waals surface area contributed by atoms with Crippen LogP contribution in [0, 0.1) is 5.82 Å². The molecule has 17 heavy (non-hydrogen) atoms. The first kappa shape index (κ1) is 12.1. The molecule has 1 aliphatic rings. The van der Waals surface area contributed by atoms with Crippen LogP contribution in [0.2, 0.25) is 0 Å². The van der Waals surface area contributed by atoms with E-state index in [4.69, 9.17) is 0 Å². The minimum absolute atomic E-state index is 0.00231. The van der Waals surface area contributed by atoms with Gasteiger partial charge in [0.25, 0.3) is 0 Å². The van der Waals surface area contributed by atoms with Crippen LogP contribution in [0.5, 0.6) is 0 Å². The molecular weight excluding hydrogens is 217 g/mol. The molecule has 0 aromatic heterocycles. The normalized spacial score (nSPS) is 16.8. The summed E-state index contributed by atoms with van der Waals surface area (Å²) in [6, 6.07) is 6.55. The van der Waals surface area contributed by atoms with Crippen molar-refractivity contribution in [3.05, 3.63) is 35.6 Å². The molecule has 2 nitrogen and oxygen atoms in total. The molecule has 0 spiro atoms. The molecular formula is C14H18FNO. The number of hydrogen-bond acceptors (Lipinski definition) is 1. The molecule has 0 bridgehead atoms. The first-order valence-electron chi connectivity index (χ1n) is 6.28. The van der Waals surface area contributed by atoms with E-state index in [1.165, 1.54) is 31.4 Å². The van der Waals surface area contributed by atoms with Gasteiger partial charge in [0.15, 0.2) is 0 Å². The monoisotopic (exact) mass is 235 g/mol. The highest BCUT2D eigenvalue weighted by atomic mass is 19.1. The van der Waals surface area contributed by atoms with E-state index < -0.39 is 0 Å². The van der Waals surface area contributed by atoms with Crippen molar-refractivity contribution in [3.63, 3.8) is 0 Å². The molecule has 1 aromatic carbocycles. The first-order valence-corrected chi connectivity index (χ1v) is 6.28. The lowest BCUT2D eigenvalue weighted by molar-refractivity contribution is -0.121. The molecule has 0 aliphatic heterocycles. The third-order valence-corrected chi connectivity index (χ3v) is 3.22. The van der Waals surface area contributed by atoms with Gasteiger partial charge in [-0.2, -0.15) is 0 Å². The van der Waals surface area contributed by atoms with Gasteiger partial charge < -0.3 is 5.32 Å². The van der Waals surface area contributed by atoms with E-state index in [0.717, 1.165) is 18.4 Å². The zero-order chi connectivity index (χ0) is 12.1. The van der Waals surface area contributed by atoms with Crippen molar-refractivity contribution in [1.29, 1.82) is 0 Å². The van der Waals surface area contributed by atoms with Crippen molar-refractivity contribution in [2.45, 2.75) is 44.6 Å². The average Bonchev–Trinajstić information content (AvgIpc) is 2.30. The van der Waals surface area contributed by atoms with Crippen molar-refractivity contribution in [3.8, 4) is 0 Å². The fraction of sp³-hybridized carbons (Fsp3) is 0.500. The lowest BCUT2D eigenvalue weighted by Gasteiger charge is -2.22. The minimum atomic E-state index is -0.284. The lowest BCUT2D eigenvalue weighted by Crippen LogP contribution is -2.37. The van der Waals surface area contributed by atoms with Gasteiger partial charge in [0.2, 0.25) is 5.91 Å². The first-order chi connectivity index (χ1) is 8.24. The Morgan fingerprint density at radius 3 is 2.76 bits per heavy atom. The van der Waals surface area contributed by atoms with Crippen LogP contribution in [0.25, 0.3) is 0 Å². The maximum absolute atomic E-state index is 12.9. The van der Waals surface area contributed by atoms with Crippen LogP contribution in [0.1, 0.15) is 37.7 Å². The Balaban J connectivity index is 1.84. The number of benzene rings is 1. The summed E-state index contributed by atoms with van der Waals surface area (Å²) in [4.78, 5) is 11.8. The Morgan fingerprint density at radius 1 is 1.29 bits per heavy atom. The van der Waals surface area contributed by atoms with E-state index >= 15 is 0 Å². The van der Waals surface area contributed by atoms with Gasteiger partial charge in [-0.05, 0) is 30.5 Å². The predicted molar refractivity (Wildman–Crippen MR) is 65.1 cm³/mol. The Labute approximate surface area is 101 Å². The molecule has 2 rings (SSSR count). The number of amides is 1. The van der Waals surface area contributed by atoms with Crippen molar-refractivity contribution in [2.75, 3.05) is 0 Å². The fourth-order valence-electron chi connectivity index (χ4n) is 2.36. The Bertz CT molecular complexity index is 386. The summed E-state index contributed by atoms with van der Waals surface area (Å²) in [6.07, 6.45) is 6.10. The van der Waals surface area contributed by atoms with Crippen molar-refractivity contribution < 1.29 is 9.18 Å². The lowest BCUT2D eigenvalue weighted by atomic mass is 9.95. The highest BCUT2D eigenvalue weighted by molar-refractivity contribution is 5.78. The quantitative estimate of drug-likeness (QED) is 0.857. The second kappa shape index (κ2) is 5.80. The smallest absolute Gasteiger partial charge is 0.224 e. The zero-order valence-electron chi connectivity index (χ0n) is 9.92. The van der Waals surface area contributed by atoms with Crippen LogP contribution in [-0.2, 0) is 11.2 Å². The molecule has 1 aliphatic carbocycles. The van der Waals surface area contributed by atoms with E-state index in [2.05, 4.69) is 5.32 Å².